The van der Waals surface area contributed by atoms with Crippen LogP contribution in [0.5, 0.6) is 0 Å². The average Bonchev–Trinajstić information content (AvgIpc) is 2.56. The third-order valence-electron chi connectivity index (χ3n) is 4.05. The van der Waals surface area contributed by atoms with Crippen molar-refractivity contribution in [2.24, 2.45) is 4.99 Å². The second-order valence-electron chi connectivity index (χ2n) is 5.90. The molecule has 0 radical (unpaired) electrons. The van der Waals surface area contributed by atoms with Crippen molar-refractivity contribution in [2.45, 2.75) is 20.8 Å². The Kier molecular flexibility index (Phi) is 5.84. The molecule has 0 aromatic heterocycles. The van der Waals surface area contributed by atoms with Crippen molar-refractivity contribution in [2.75, 3.05) is 25.5 Å². The van der Waals surface area contributed by atoms with E-state index < -0.39 is 0 Å². The second-order valence-corrected chi connectivity index (χ2v) is 6.33. The average molecular weight is 348 g/mol. The highest BCUT2D eigenvalue weighted by molar-refractivity contribution is 6.30. The quantitative estimate of drug-likeness (QED) is 0.527. The van der Waals surface area contributed by atoms with Gasteiger partial charge in [-0.05, 0) is 50.1 Å². The summed E-state index contributed by atoms with van der Waals surface area (Å²) in [6, 6.07) is 8.89. The number of rotatable bonds is 5. The number of hydrogen-bond donors (Lipinski definition) is 0. The SMILES string of the molecule is CCN(C)/C=N\c1cc(F)c(N(C)c2cc(Cl)ccc2C)cc1C. The predicted molar refractivity (Wildman–Crippen MR) is 102 cm³/mol. The Morgan fingerprint density at radius 3 is 2.46 bits per heavy atom. The van der Waals surface area contributed by atoms with Gasteiger partial charge in [-0.15, -0.1) is 0 Å². The van der Waals surface area contributed by atoms with Crippen molar-refractivity contribution in [3.05, 3.63) is 52.3 Å². The van der Waals surface area contributed by atoms with E-state index in [9.17, 15) is 4.39 Å². The molecule has 3 nitrogen and oxygen atoms in total. The zero-order valence-corrected chi connectivity index (χ0v) is 15.5. The van der Waals surface area contributed by atoms with Crippen LogP contribution in [0.25, 0.3) is 0 Å². The van der Waals surface area contributed by atoms with Crippen LogP contribution in [-0.2, 0) is 0 Å². The van der Waals surface area contributed by atoms with Crippen molar-refractivity contribution in [3.8, 4) is 0 Å². The molecule has 0 spiro atoms. The molecule has 0 fully saturated rings. The molecule has 0 atom stereocenters. The van der Waals surface area contributed by atoms with Gasteiger partial charge in [0.05, 0.1) is 17.7 Å². The minimum Gasteiger partial charge on any atom is -0.366 e. The molecule has 0 aliphatic heterocycles. The van der Waals surface area contributed by atoms with E-state index in [1.165, 1.54) is 6.07 Å². The lowest BCUT2D eigenvalue weighted by Gasteiger charge is -2.23. The summed E-state index contributed by atoms with van der Waals surface area (Å²) >= 11 is 6.09. The maximum Gasteiger partial charge on any atom is 0.148 e. The number of aliphatic imine (C=N–C) groups is 1. The fourth-order valence-corrected chi connectivity index (χ4v) is 2.53. The van der Waals surface area contributed by atoms with Crippen molar-refractivity contribution >= 4 is 35.0 Å². The van der Waals surface area contributed by atoms with Gasteiger partial charge >= 0.3 is 0 Å². The van der Waals surface area contributed by atoms with Crippen LogP contribution in [0.2, 0.25) is 5.02 Å². The van der Waals surface area contributed by atoms with Gasteiger partial charge in [0.2, 0.25) is 0 Å². The Labute approximate surface area is 148 Å². The fourth-order valence-electron chi connectivity index (χ4n) is 2.37. The number of hydrogen-bond acceptors (Lipinski definition) is 2. The fraction of sp³-hybridized carbons (Fsp3) is 0.316. The summed E-state index contributed by atoms with van der Waals surface area (Å²) < 4.78 is 14.6. The molecule has 0 aliphatic carbocycles. The third-order valence-corrected chi connectivity index (χ3v) is 4.29. The van der Waals surface area contributed by atoms with E-state index in [4.69, 9.17) is 11.6 Å². The number of anilines is 2. The van der Waals surface area contributed by atoms with E-state index in [1.807, 2.05) is 68.9 Å². The highest BCUT2D eigenvalue weighted by Crippen LogP contribution is 2.34. The maximum atomic E-state index is 14.6. The lowest BCUT2D eigenvalue weighted by molar-refractivity contribution is 0.552. The van der Waals surface area contributed by atoms with E-state index >= 15 is 0 Å². The molecule has 0 heterocycles. The number of benzene rings is 2. The summed E-state index contributed by atoms with van der Waals surface area (Å²) in [5, 5.41) is 0.628. The van der Waals surface area contributed by atoms with Gasteiger partial charge in [-0.1, -0.05) is 17.7 Å². The van der Waals surface area contributed by atoms with Crippen LogP contribution in [0.3, 0.4) is 0 Å². The third kappa shape index (κ3) is 4.06. The van der Waals surface area contributed by atoms with Gasteiger partial charge in [-0.25, -0.2) is 9.38 Å². The predicted octanol–water partition coefficient (Wildman–Crippen LogP) is 5.48. The standard InChI is InChI=1S/C19H23ClFN3/c1-6-23(4)12-22-17-11-16(21)19(9-14(17)3)24(5)18-10-15(20)8-7-13(18)2/h7-12H,6H2,1-5H3/b22-12-. The van der Waals surface area contributed by atoms with Crippen molar-refractivity contribution in [1.29, 1.82) is 0 Å². The van der Waals surface area contributed by atoms with E-state index in [2.05, 4.69) is 4.99 Å². The topological polar surface area (TPSA) is 18.8 Å². The minimum atomic E-state index is -0.311. The van der Waals surface area contributed by atoms with Gasteiger partial charge < -0.3 is 9.80 Å². The Hall–Kier alpha value is -2.07. The first-order valence-electron chi connectivity index (χ1n) is 7.88. The van der Waals surface area contributed by atoms with E-state index in [0.717, 1.165) is 23.4 Å². The maximum absolute atomic E-state index is 14.6. The molecule has 0 N–H and O–H groups in total. The summed E-state index contributed by atoms with van der Waals surface area (Å²) in [5.41, 5.74) is 3.96. The molecule has 2 rings (SSSR count). The number of nitrogens with zero attached hydrogens (tertiary/aromatic N) is 3. The van der Waals surface area contributed by atoms with Crippen LogP contribution in [0, 0.1) is 19.7 Å². The molecule has 0 saturated carbocycles. The number of aryl methyl sites for hydroxylation is 2. The zero-order valence-electron chi connectivity index (χ0n) is 14.8. The molecular weight excluding hydrogens is 325 g/mol. The van der Waals surface area contributed by atoms with Gasteiger partial charge in [0.15, 0.2) is 0 Å². The molecule has 5 heteroatoms. The van der Waals surface area contributed by atoms with Crippen LogP contribution >= 0.6 is 11.6 Å². The highest BCUT2D eigenvalue weighted by Gasteiger charge is 2.14. The summed E-state index contributed by atoms with van der Waals surface area (Å²) in [4.78, 5) is 8.12. The first kappa shape index (κ1) is 18.3. The second kappa shape index (κ2) is 7.67. The molecule has 0 saturated heterocycles. The van der Waals surface area contributed by atoms with Gasteiger partial charge in [-0.2, -0.15) is 0 Å². The monoisotopic (exact) mass is 347 g/mol. The molecule has 2 aromatic rings. The molecule has 0 aliphatic rings. The van der Waals surface area contributed by atoms with Crippen LogP contribution < -0.4 is 4.90 Å². The Balaban J connectivity index is 2.40. The molecule has 128 valence electrons. The van der Waals surface area contributed by atoms with Gasteiger partial charge in [0.1, 0.15) is 5.82 Å². The van der Waals surface area contributed by atoms with Gasteiger partial charge in [0.25, 0.3) is 0 Å². The van der Waals surface area contributed by atoms with Crippen LogP contribution in [0.4, 0.5) is 21.5 Å². The van der Waals surface area contributed by atoms with Crippen molar-refractivity contribution in [3.63, 3.8) is 0 Å². The summed E-state index contributed by atoms with van der Waals surface area (Å²) in [6.45, 7) is 6.79. The largest absolute Gasteiger partial charge is 0.366 e. The van der Waals surface area contributed by atoms with E-state index in [1.54, 1.807) is 6.34 Å². The van der Waals surface area contributed by atoms with E-state index in [0.29, 0.717) is 16.4 Å². The zero-order chi connectivity index (χ0) is 17.9. The molecule has 24 heavy (non-hydrogen) atoms. The molecule has 0 amide bonds. The Bertz CT molecular complexity index is 759. The molecule has 0 unspecified atom stereocenters. The van der Waals surface area contributed by atoms with Crippen molar-refractivity contribution < 1.29 is 4.39 Å². The lowest BCUT2D eigenvalue weighted by atomic mass is 10.1. The smallest absolute Gasteiger partial charge is 0.148 e. The van der Waals surface area contributed by atoms with Gasteiger partial charge in [0, 0.05) is 37.4 Å². The molecule has 0 bridgehead atoms. The number of halogens is 2. The Morgan fingerprint density at radius 1 is 1.08 bits per heavy atom. The van der Waals surface area contributed by atoms with Crippen LogP contribution in [-0.4, -0.2) is 31.9 Å². The minimum absolute atomic E-state index is 0.311. The van der Waals surface area contributed by atoms with E-state index in [-0.39, 0.29) is 5.82 Å². The summed E-state index contributed by atoms with van der Waals surface area (Å²) in [6.07, 6.45) is 1.71. The van der Waals surface area contributed by atoms with Gasteiger partial charge in [-0.3, -0.25) is 0 Å². The highest BCUT2D eigenvalue weighted by atomic mass is 35.5. The first-order chi connectivity index (χ1) is 11.3. The lowest BCUT2D eigenvalue weighted by Crippen LogP contribution is -2.14. The molecular formula is C19H23ClFN3. The van der Waals surface area contributed by atoms with Crippen LogP contribution in [0.15, 0.2) is 35.3 Å². The van der Waals surface area contributed by atoms with Crippen LogP contribution in [0.1, 0.15) is 18.1 Å². The van der Waals surface area contributed by atoms with Crippen molar-refractivity contribution in [1.82, 2.24) is 4.90 Å². The first-order valence-corrected chi connectivity index (χ1v) is 8.25. The summed E-state index contributed by atoms with van der Waals surface area (Å²) in [7, 11) is 3.77. The normalized spacial score (nSPS) is 11.1. The Morgan fingerprint density at radius 2 is 1.79 bits per heavy atom. The molecule has 2 aromatic carbocycles. The summed E-state index contributed by atoms with van der Waals surface area (Å²) in [5.74, 6) is -0.311.